The zero-order valence-electron chi connectivity index (χ0n) is 10.7. The van der Waals surface area contributed by atoms with E-state index in [0.717, 1.165) is 0 Å². The van der Waals surface area contributed by atoms with Crippen LogP contribution < -0.4 is 4.72 Å². The SMILES string of the molecule is Cc1cccc([C@H](C)NS(=O)C(C)(C)C)c1. The Morgan fingerprint density at radius 3 is 2.44 bits per heavy atom. The molecule has 1 aromatic rings. The Balaban J connectivity index is 2.73. The number of rotatable bonds is 3. The molecule has 0 heterocycles. The van der Waals surface area contributed by atoms with E-state index in [1.165, 1.54) is 11.1 Å². The highest BCUT2D eigenvalue weighted by molar-refractivity contribution is 7.84. The summed E-state index contributed by atoms with van der Waals surface area (Å²) in [4.78, 5) is 0. The van der Waals surface area contributed by atoms with Crippen molar-refractivity contribution >= 4 is 11.0 Å². The van der Waals surface area contributed by atoms with E-state index in [-0.39, 0.29) is 10.8 Å². The van der Waals surface area contributed by atoms with Crippen molar-refractivity contribution < 1.29 is 4.21 Å². The number of benzene rings is 1. The molecule has 2 nitrogen and oxygen atoms in total. The summed E-state index contributed by atoms with van der Waals surface area (Å²) in [5.74, 6) is 0. The van der Waals surface area contributed by atoms with E-state index in [0.29, 0.717) is 0 Å². The molecular weight excluding hydrogens is 218 g/mol. The van der Waals surface area contributed by atoms with E-state index in [1.54, 1.807) is 0 Å². The number of aryl methyl sites for hydroxylation is 1. The molecule has 1 rings (SSSR count). The lowest BCUT2D eigenvalue weighted by atomic mass is 10.1. The summed E-state index contributed by atoms with van der Waals surface area (Å²) in [6.07, 6.45) is 0. The van der Waals surface area contributed by atoms with Crippen molar-refractivity contribution in [3.8, 4) is 0 Å². The maximum absolute atomic E-state index is 11.9. The highest BCUT2D eigenvalue weighted by atomic mass is 32.2. The summed E-state index contributed by atoms with van der Waals surface area (Å²) >= 11 is 0. The Bertz CT molecular complexity index is 382. The van der Waals surface area contributed by atoms with E-state index in [9.17, 15) is 4.21 Å². The molecule has 0 aromatic heterocycles. The summed E-state index contributed by atoms with van der Waals surface area (Å²) < 4.78 is 14.8. The Hall–Kier alpha value is -0.670. The molecule has 3 heteroatoms. The fourth-order valence-electron chi connectivity index (χ4n) is 1.34. The van der Waals surface area contributed by atoms with Crippen molar-refractivity contribution in [3.05, 3.63) is 35.4 Å². The zero-order valence-corrected chi connectivity index (χ0v) is 11.5. The van der Waals surface area contributed by atoms with Crippen molar-refractivity contribution in [1.82, 2.24) is 4.72 Å². The first-order chi connectivity index (χ1) is 7.30. The quantitative estimate of drug-likeness (QED) is 0.862. The molecule has 0 aliphatic rings. The van der Waals surface area contributed by atoms with Gasteiger partial charge in [0.1, 0.15) is 0 Å². The maximum atomic E-state index is 11.9. The molecule has 0 fully saturated rings. The van der Waals surface area contributed by atoms with Gasteiger partial charge in [-0.15, -0.1) is 0 Å². The minimum absolute atomic E-state index is 0.111. The fourth-order valence-corrected chi connectivity index (χ4v) is 2.16. The fraction of sp³-hybridized carbons (Fsp3) is 0.538. The van der Waals surface area contributed by atoms with Gasteiger partial charge < -0.3 is 0 Å². The first-order valence-electron chi connectivity index (χ1n) is 5.55. The summed E-state index contributed by atoms with van der Waals surface area (Å²) in [6, 6.07) is 8.39. The van der Waals surface area contributed by atoms with Gasteiger partial charge in [-0.25, -0.2) is 8.93 Å². The van der Waals surface area contributed by atoms with E-state index in [1.807, 2.05) is 33.8 Å². The molecule has 90 valence electrons. The second kappa shape index (κ2) is 5.11. The Kier molecular flexibility index (Phi) is 4.28. The van der Waals surface area contributed by atoms with Gasteiger partial charge in [0.05, 0.1) is 15.7 Å². The second-order valence-corrected chi connectivity index (χ2v) is 7.13. The van der Waals surface area contributed by atoms with Gasteiger partial charge in [-0.1, -0.05) is 29.8 Å². The van der Waals surface area contributed by atoms with Gasteiger partial charge in [0.25, 0.3) is 0 Å². The van der Waals surface area contributed by atoms with Crippen LogP contribution in [0.5, 0.6) is 0 Å². The first-order valence-corrected chi connectivity index (χ1v) is 6.70. The van der Waals surface area contributed by atoms with Crippen LogP contribution in [-0.4, -0.2) is 8.96 Å². The van der Waals surface area contributed by atoms with Crippen molar-refractivity contribution in [3.63, 3.8) is 0 Å². The Morgan fingerprint density at radius 1 is 1.31 bits per heavy atom. The lowest BCUT2D eigenvalue weighted by molar-refractivity contribution is 0.616. The van der Waals surface area contributed by atoms with Crippen LogP contribution in [0, 0.1) is 6.92 Å². The monoisotopic (exact) mass is 239 g/mol. The third kappa shape index (κ3) is 3.72. The molecular formula is C13H21NOS. The molecule has 0 spiro atoms. The van der Waals surface area contributed by atoms with Gasteiger partial charge in [-0.05, 0) is 40.2 Å². The smallest absolute Gasteiger partial charge is 0.0975 e. The maximum Gasteiger partial charge on any atom is 0.0975 e. The molecule has 16 heavy (non-hydrogen) atoms. The molecule has 1 unspecified atom stereocenters. The van der Waals surface area contributed by atoms with Gasteiger partial charge in [0.15, 0.2) is 0 Å². The van der Waals surface area contributed by atoms with Crippen LogP contribution in [0.15, 0.2) is 24.3 Å². The van der Waals surface area contributed by atoms with Crippen LogP contribution in [0.3, 0.4) is 0 Å². The molecule has 0 radical (unpaired) electrons. The molecule has 0 aliphatic carbocycles. The minimum atomic E-state index is -1.02. The van der Waals surface area contributed by atoms with Crippen LogP contribution in [0.4, 0.5) is 0 Å². The predicted molar refractivity (Wildman–Crippen MR) is 70.6 cm³/mol. The average molecular weight is 239 g/mol. The molecule has 0 saturated heterocycles. The lowest BCUT2D eigenvalue weighted by Crippen LogP contribution is -2.34. The van der Waals surface area contributed by atoms with E-state index in [4.69, 9.17) is 0 Å². The highest BCUT2D eigenvalue weighted by Gasteiger charge is 2.21. The van der Waals surface area contributed by atoms with Gasteiger partial charge >= 0.3 is 0 Å². The Morgan fingerprint density at radius 2 is 1.94 bits per heavy atom. The molecule has 0 aliphatic heterocycles. The third-order valence-electron chi connectivity index (χ3n) is 2.38. The predicted octanol–water partition coefficient (Wildman–Crippen LogP) is 3.11. The van der Waals surface area contributed by atoms with Crippen LogP contribution in [0.25, 0.3) is 0 Å². The first kappa shape index (κ1) is 13.4. The second-order valence-electron chi connectivity index (χ2n) is 5.13. The van der Waals surface area contributed by atoms with Gasteiger partial charge in [-0.3, -0.25) is 0 Å². The summed E-state index contributed by atoms with van der Waals surface area (Å²) in [5.41, 5.74) is 2.41. The molecule has 0 saturated carbocycles. The van der Waals surface area contributed by atoms with Crippen molar-refractivity contribution in [2.45, 2.75) is 45.4 Å². The minimum Gasteiger partial charge on any atom is -0.242 e. The molecule has 0 amide bonds. The third-order valence-corrected chi connectivity index (χ3v) is 4.06. The number of hydrogen-bond donors (Lipinski definition) is 1. The lowest BCUT2D eigenvalue weighted by Gasteiger charge is -2.22. The summed E-state index contributed by atoms with van der Waals surface area (Å²) in [5, 5.41) is 0. The van der Waals surface area contributed by atoms with Crippen LogP contribution in [0.2, 0.25) is 0 Å². The topological polar surface area (TPSA) is 29.1 Å². The van der Waals surface area contributed by atoms with Gasteiger partial charge in [-0.2, -0.15) is 0 Å². The van der Waals surface area contributed by atoms with Crippen molar-refractivity contribution in [2.75, 3.05) is 0 Å². The van der Waals surface area contributed by atoms with Crippen molar-refractivity contribution in [2.24, 2.45) is 0 Å². The average Bonchev–Trinajstić information content (AvgIpc) is 2.16. The standard InChI is InChI=1S/C13H21NOS/c1-10-7-6-8-12(9-10)11(2)14-16(15)13(3,4)5/h6-9,11,14H,1-5H3/t11-,16?/m0/s1. The van der Waals surface area contributed by atoms with Crippen LogP contribution in [0.1, 0.15) is 44.9 Å². The van der Waals surface area contributed by atoms with Crippen molar-refractivity contribution in [1.29, 1.82) is 0 Å². The molecule has 1 N–H and O–H groups in total. The Labute approximate surface area is 101 Å². The van der Waals surface area contributed by atoms with E-state index < -0.39 is 11.0 Å². The normalized spacial score (nSPS) is 15.8. The molecule has 1 aromatic carbocycles. The summed E-state index contributed by atoms with van der Waals surface area (Å²) in [7, 11) is -1.02. The van der Waals surface area contributed by atoms with Gasteiger partial charge in [0, 0.05) is 6.04 Å². The van der Waals surface area contributed by atoms with Crippen LogP contribution >= 0.6 is 0 Å². The number of nitrogens with one attached hydrogen (secondary N) is 1. The highest BCUT2D eigenvalue weighted by Crippen LogP contribution is 2.17. The largest absolute Gasteiger partial charge is 0.242 e. The summed E-state index contributed by atoms with van der Waals surface area (Å²) in [6.45, 7) is 10.0. The van der Waals surface area contributed by atoms with E-state index in [2.05, 4.69) is 29.8 Å². The zero-order chi connectivity index (χ0) is 12.3. The molecule has 2 atom stereocenters. The van der Waals surface area contributed by atoms with E-state index >= 15 is 0 Å². The van der Waals surface area contributed by atoms with Crippen LogP contribution in [-0.2, 0) is 11.0 Å². The number of hydrogen-bond acceptors (Lipinski definition) is 1. The molecule has 0 bridgehead atoms. The van der Waals surface area contributed by atoms with Gasteiger partial charge in [0.2, 0.25) is 0 Å².